The van der Waals surface area contributed by atoms with Crippen molar-refractivity contribution < 1.29 is 19.4 Å². The summed E-state index contributed by atoms with van der Waals surface area (Å²) in [7, 11) is 0. The van der Waals surface area contributed by atoms with E-state index in [1.807, 2.05) is 30.6 Å². The van der Waals surface area contributed by atoms with Crippen molar-refractivity contribution in [3.05, 3.63) is 0 Å². The predicted molar refractivity (Wildman–Crippen MR) is 125 cm³/mol. The van der Waals surface area contributed by atoms with E-state index >= 15 is 0 Å². The minimum atomic E-state index is -0.304. The highest BCUT2D eigenvalue weighted by Gasteiger charge is 2.49. The van der Waals surface area contributed by atoms with Crippen LogP contribution >= 0.6 is 0 Å². The van der Waals surface area contributed by atoms with Gasteiger partial charge in [0, 0.05) is 39.1 Å². The summed E-state index contributed by atoms with van der Waals surface area (Å²) >= 11 is 0. The topological polar surface area (TPSA) is 97.4 Å². The molecule has 0 spiro atoms. The molecule has 2 amide bonds. The molecule has 3 aliphatic heterocycles. The van der Waals surface area contributed by atoms with Crippen molar-refractivity contribution in [2.45, 2.75) is 89.6 Å². The van der Waals surface area contributed by atoms with Crippen LogP contribution in [0.3, 0.4) is 0 Å². The number of nitrogens with zero attached hydrogens (tertiary/aromatic N) is 3. The van der Waals surface area contributed by atoms with Gasteiger partial charge >= 0.3 is 6.09 Å². The first-order valence-corrected chi connectivity index (χ1v) is 12.8. The molecule has 6 atom stereocenters. The van der Waals surface area contributed by atoms with Gasteiger partial charge in [0.25, 0.3) is 0 Å². The number of aliphatic hydroxyl groups is 1. The summed E-state index contributed by atoms with van der Waals surface area (Å²) in [5, 5.41) is 15.2. The Hall–Kier alpha value is -1.42. The van der Waals surface area contributed by atoms with E-state index in [4.69, 9.17) is 4.74 Å². The zero-order valence-electron chi connectivity index (χ0n) is 20.8. The lowest BCUT2D eigenvalue weighted by molar-refractivity contribution is -0.142. The zero-order chi connectivity index (χ0) is 23.8. The van der Waals surface area contributed by atoms with Gasteiger partial charge in [-0.2, -0.15) is 0 Å². The summed E-state index contributed by atoms with van der Waals surface area (Å²) in [6.07, 6.45) is 4.48. The second kappa shape index (κ2) is 10.1. The molecule has 4 rings (SSSR count). The van der Waals surface area contributed by atoms with E-state index in [0.29, 0.717) is 18.4 Å². The van der Waals surface area contributed by atoms with Crippen molar-refractivity contribution in [3.8, 4) is 0 Å². The fourth-order valence-corrected chi connectivity index (χ4v) is 6.42. The second-order valence-electron chi connectivity index (χ2n) is 11.2. The molecule has 0 bridgehead atoms. The van der Waals surface area contributed by atoms with Crippen LogP contribution < -0.4 is 10.7 Å². The summed E-state index contributed by atoms with van der Waals surface area (Å²) in [6.45, 7) is 11.9. The van der Waals surface area contributed by atoms with Crippen LogP contribution in [0.2, 0.25) is 0 Å². The number of piperidine rings is 1. The van der Waals surface area contributed by atoms with E-state index in [9.17, 15) is 14.7 Å². The van der Waals surface area contributed by atoms with Gasteiger partial charge in [-0.05, 0) is 71.3 Å². The SMILES string of the molecule is CC(=O)N1C2CCC(C3CNN(C(C)(C)CO)C3)CC2N(C(=O)OC2CCCNC2)C[C@@H]1C. The Morgan fingerprint density at radius 1 is 1.09 bits per heavy atom. The lowest BCUT2D eigenvalue weighted by Crippen LogP contribution is -2.67. The molecule has 3 heterocycles. The molecular formula is C24H43N5O4. The maximum Gasteiger partial charge on any atom is 0.410 e. The van der Waals surface area contributed by atoms with Crippen LogP contribution in [-0.2, 0) is 9.53 Å². The first-order chi connectivity index (χ1) is 15.7. The van der Waals surface area contributed by atoms with Crippen LogP contribution in [0.1, 0.15) is 59.8 Å². The lowest BCUT2D eigenvalue weighted by atomic mass is 9.73. The van der Waals surface area contributed by atoms with Gasteiger partial charge in [0.15, 0.2) is 0 Å². The molecule has 4 aliphatic rings. The van der Waals surface area contributed by atoms with Crippen LogP contribution in [0.25, 0.3) is 0 Å². The fourth-order valence-electron chi connectivity index (χ4n) is 6.42. The number of hydrogen-bond donors (Lipinski definition) is 3. The smallest absolute Gasteiger partial charge is 0.410 e. The number of piperazine rings is 1. The highest BCUT2D eigenvalue weighted by atomic mass is 16.6. The number of aliphatic hydroxyl groups excluding tert-OH is 1. The third-order valence-corrected chi connectivity index (χ3v) is 8.38. The number of ether oxygens (including phenoxy) is 1. The van der Waals surface area contributed by atoms with Gasteiger partial charge in [-0.15, -0.1) is 0 Å². The van der Waals surface area contributed by atoms with E-state index < -0.39 is 0 Å². The highest BCUT2D eigenvalue weighted by Crippen LogP contribution is 2.40. The molecule has 5 unspecified atom stereocenters. The van der Waals surface area contributed by atoms with Crippen LogP contribution in [0.4, 0.5) is 4.79 Å². The molecule has 33 heavy (non-hydrogen) atoms. The van der Waals surface area contributed by atoms with Crippen LogP contribution in [0, 0.1) is 11.8 Å². The fraction of sp³-hybridized carbons (Fsp3) is 0.917. The first kappa shape index (κ1) is 24.7. The molecule has 0 radical (unpaired) electrons. The third kappa shape index (κ3) is 5.16. The number of hydrogen-bond acceptors (Lipinski definition) is 7. The van der Waals surface area contributed by atoms with Crippen LogP contribution in [0.15, 0.2) is 0 Å². The summed E-state index contributed by atoms with van der Waals surface area (Å²) < 4.78 is 5.93. The Morgan fingerprint density at radius 2 is 1.88 bits per heavy atom. The minimum absolute atomic E-state index is 0.00667. The molecule has 4 fully saturated rings. The van der Waals surface area contributed by atoms with Gasteiger partial charge in [-0.1, -0.05) is 0 Å². The van der Waals surface area contributed by atoms with E-state index in [-0.39, 0.29) is 48.4 Å². The molecule has 0 aromatic carbocycles. The Morgan fingerprint density at radius 3 is 2.55 bits per heavy atom. The molecular weight excluding hydrogens is 422 g/mol. The van der Waals surface area contributed by atoms with Gasteiger partial charge in [0.05, 0.1) is 24.2 Å². The van der Waals surface area contributed by atoms with Crippen molar-refractivity contribution in [1.29, 1.82) is 0 Å². The van der Waals surface area contributed by atoms with E-state index in [1.165, 1.54) is 0 Å². The number of rotatable bonds is 4. The summed E-state index contributed by atoms with van der Waals surface area (Å²) in [5.74, 6) is 1.02. The van der Waals surface area contributed by atoms with Gasteiger partial charge < -0.3 is 25.0 Å². The van der Waals surface area contributed by atoms with Gasteiger partial charge in [-0.25, -0.2) is 9.80 Å². The van der Waals surface area contributed by atoms with Crippen LogP contribution in [0.5, 0.6) is 0 Å². The maximum atomic E-state index is 13.3. The maximum absolute atomic E-state index is 13.3. The molecule has 9 heteroatoms. The number of hydrazine groups is 1. The van der Waals surface area contributed by atoms with Gasteiger partial charge in [0.2, 0.25) is 5.91 Å². The molecule has 0 aromatic rings. The number of nitrogens with one attached hydrogen (secondary N) is 2. The van der Waals surface area contributed by atoms with E-state index in [2.05, 4.69) is 15.8 Å². The zero-order valence-corrected chi connectivity index (χ0v) is 20.8. The number of carbonyl (C=O) groups is 2. The molecule has 3 N–H and O–H groups in total. The van der Waals surface area contributed by atoms with Crippen LogP contribution in [-0.4, -0.2) is 101 Å². The summed E-state index contributed by atoms with van der Waals surface area (Å²) in [5.41, 5.74) is 3.18. The van der Waals surface area contributed by atoms with Crippen molar-refractivity contribution in [1.82, 2.24) is 25.6 Å². The molecule has 1 aliphatic carbocycles. The highest BCUT2D eigenvalue weighted by molar-refractivity contribution is 5.75. The van der Waals surface area contributed by atoms with E-state index in [1.54, 1.807) is 6.92 Å². The Bertz CT molecular complexity index is 713. The monoisotopic (exact) mass is 465 g/mol. The van der Waals surface area contributed by atoms with E-state index in [0.717, 1.165) is 58.3 Å². The third-order valence-electron chi connectivity index (χ3n) is 8.38. The molecule has 1 saturated carbocycles. The molecule has 0 aromatic heterocycles. The molecule has 3 saturated heterocycles. The Labute approximate surface area is 198 Å². The standard InChI is InChI=1S/C24H43N5O4/c1-16-13-27(23(32)33-20-6-5-9-25-12-20)22-10-18(7-8-21(22)29(16)17(2)31)19-11-26-28(14-19)24(3,4)15-30/h16,18-22,25-26,30H,5-15H2,1-4H3/t16-,18?,19?,20?,21?,22?/m0/s1. The lowest BCUT2D eigenvalue weighted by Gasteiger charge is -2.54. The van der Waals surface area contributed by atoms with Crippen molar-refractivity contribution in [2.75, 3.05) is 39.3 Å². The average Bonchev–Trinajstić information content (AvgIpc) is 3.30. The number of amides is 2. The first-order valence-electron chi connectivity index (χ1n) is 12.8. The Kier molecular flexibility index (Phi) is 7.53. The second-order valence-corrected chi connectivity index (χ2v) is 11.2. The van der Waals surface area contributed by atoms with Gasteiger partial charge in [-0.3, -0.25) is 10.2 Å². The normalized spacial score (nSPS) is 35.9. The minimum Gasteiger partial charge on any atom is -0.445 e. The molecule has 188 valence electrons. The summed E-state index contributed by atoms with van der Waals surface area (Å²) in [4.78, 5) is 29.8. The largest absolute Gasteiger partial charge is 0.445 e. The average molecular weight is 466 g/mol. The number of fused-ring (bicyclic) bond motifs is 1. The summed E-state index contributed by atoms with van der Waals surface area (Å²) in [6, 6.07) is 0.0398. The van der Waals surface area contributed by atoms with Gasteiger partial charge in [0.1, 0.15) is 6.10 Å². The van der Waals surface area contributed by atoms with Crippen molar-refractivity contribution in [2.24, 2.45) is 11.8 Å². The quantitative estimate of drug-likeness (QED) is 0.573. The Balaban J connectivity index is 1.48. The van der Waals surface area contributed by atoms with Crippen molar-refractivity contribution >= 4 is 12.0 Å². The predicted octanol–water partition coefficient (Wildman–Crippen LogP) is 1.17. The molecule has 9 nitrogen and oxygen atoms in total. The number of carbonyl (C=O) groups excluding carboxylic acids is 2. The van der Waals surface area contributed by atoms with Crippen molar-refractivity contribution in [3.63, 3.8) is 0 Å².